The first-order valence-electron chi connectivity index (χ1n) is 7.87. The molecule has 2 aromatic carbocycles. The molecule has 0 aliphatic rings. The first-order chi connectivity index (χ1) is 11.7. The van der Waals surface area contributed by atoms with Crippen molar-refractivity contribution in [1.82, 2.24) is 10.6 Å². The van der Waals surface area contributed by atoms with Crippen molar-refractivity contribution in [3.05, 3.63) is 59.2 Å². The molecule has 2 rings (SSSR count). The van der Waals surface area contributed by atoms with Crippen molar-refractivity contribution >= 4 is 5.96 Å². The van der Waals surface area contributed by atoms with Gasteiger partial charge in [-0.3, -0.25) is 4.99 Å². The van der Waals surface area contributed by atoms with Crippen LogP contribution in [-0.2, 0) is 13.1 Å². The zero-order valence-corrected chi connectivity index (χ0v) is 14.7. The van der Waals surface area contributed by atoms with Gasteiger partial charge in [0.25, 0.3) is 0 Å². The second-order valence-electron chi connectivity index (χ2n) is 5.43. The average molecular weight is 327 g/mol. The molecule has 24 heavy (non-hydrogen) atoms. The number of aliphatic imine (C=N–C) groups is 1. The van der Waals surface area contributed by atoms with E-state index in [1.807, 2.05) is 37.3 Å². The van der Waals surface area contributed by atoms with Crippen molar-refractivity contribution in [3.63, 3.8) is 0 Å². The molecule has 0 amide bonds. The number of benzene rings is 2. The number of guanidine groups is 1. The molecule has 0 saturated carbocycles. The number of ether oxygens (including phenoxy) is 2. The Morgan fingerprint density at radius 1 is 0.958 bits per heavy atom. The lowest BCUT2D eigenvalue weighted by atomic mass is 10.1. The zero-order valence-electron chi connectivity index (χ0n) is 14.7. The number of methoxy groups -OCH3 is 2. The molecule has 0 aliphatic heterocycles. The summed E-state index contributed by atoms with van der Waals surface area (Å²) in [5, 5.41) is 6.62. The SMILES string of the molecule is CN=C(NCc1cccc(OC)c1)NCc1ccc(OC)c(C)c1. The largest absolute Gasteiger partial charge is 0.497 e. The van der Waals surface area contributed by atoms with E-state index in [1.54, 1.807) is 21.3 Å². The molecule has 2 aromatic rings. The third-order valence-corrected chi connectivity index (χ3v) is 3.74. The van der Waals surface area contributed by atoms with Crippen molar-refractivity contribution < 1.29 is 9.47 Å². The third-order valence-electron chi connectivity index (χ3n) is 3.74. The maximum atomic E-state index is 5.29. The number of aryl methyl sites for hydroxylation is 1. The fraction of sp³-hybridized carbons (Fsp3) is 0.316. The molecule has 0 unspecified atom stereocenters. The van der Waals surface area contributed by atoms with Crippen LogP contribution in [-0.4, -0.2) is 27.2 Å². The van der Waals surface area contributed by atoms with Gasteiger partial charge in [-0.05, 0) is 41.8 Å². The van der Waals surface area contributed by atoms with E-state index in [9.17, 15) is 0 Å². The van der Waals surface area contributed by atoms with Gasteiger partial charge in [-0.15, -0.1) is 0 Å². The highest BCUT2D eigenvalue weighted by Gasteiger charge is 2.03. The van der Waals surface area contributed by atoms with Crippen LogP contribution in [0.4, 0.5) is 0 Å². The van der Waals surface area contributed by atoms with Gasteiger partial charge in [0.2, 0.25) is 0 Å². The molecule has 5 heteroatoms. The lowest BCUT2D eigenvalue weighted by Crippen LogP contribution is -2.36. The molecule has 0 radical (unpaired) electrons. The summed E-state index contributed by atoms with van der Waals surface area (Å²) >= 11 is 0. The molecule has 0 aromatic heterocycles. The highest BCUT2D eigenvalue weighted by atomic mass is 16.5. The van der Waals surface area contributed by atoms with E-state index < -0.39 is 0 Å². The van der Waals surface area contributed by atoms with Crippen LogP contribution in [0, 0.1) is 6.92 Å². The molecule has 0 fully saturated rings. The fourth-order valence-corrected chi connectivity index (χ4v) is 2.43. The van der Waals surface area contributed by atoms with E-state index in [0.717, 1.165) is 28.6 Å². The summed E-state index contributed by atoms with van der Waals surface area (Å²) in [6.45, 7) is 3.42. The van der Waals surface area contributed by atoms with E-state index in [1.165, 1.54) is 5.56 Å². The summed E-state index contributed by atoms with van der Waals surface area (Å²) in [6.07, 6.45) is 0. The molecule has 2 N–H and O–H groups in total. The lowest BCUT2D eigenvalue weighted by Gasteiger charge is -2.13. The van der Waals surface area contributed by atoms with E-state index in [2.05, 4.69) is 27.8 Å². The molecular weight excluding hydrogens is 302 g/mol. The summed E-state index contributed by atoms with van der Waals surface area (Å²) in [6, 6.07) is 14.1. The minimum atomic E-state index is 0.679. The van der Waals surface area contributed by atoms with Gasteiger partial charge in [0.05, 0.1) is 14.2 Å². The first-order valence-corrected chi connectivity index (χ1v) is 7.87. The smallest absolute Gasteiger partial charge is 0.191 e. The molecule has 0 bridgehead atoms. The minimum absolute atomic E-state index is 0.679. The average Bonchev–Trinajstić information content (AvgIpc) is 2.62. The van der Waals surface area contributed by atoms with Crippen LogP contribution in [0.25, 0.3) is 0 Å². The molecular formula is C19H25N3O2. The summed E-state index contributed by atoms with van der Waals surface area (Å²) in [7, 11) is 5.12. The van der Waals surface area contributed by atoms with Gasteiger partial charge in [-0.2, -0.15) is 0 Å². The number of hydrogen-bond donors (Lipinski definition) is 2. The highest BCUT2D eigenvalue weighted by Crippen LogP contribution is 2.18. The van der Waals surface area contributed by atoms with Crippen molar-refractivity contribution in [2.75, 3.05) is 21.3 Å². The maximum Gasteiger partial charge on any atom is 0.191 e. The van der Waals surface area contributed by atoms with E-state index >= 15 is 0 Å². The van der Waals surface area contributed by atoms with Gasteiger partial charge >= 0.3 is 0 Å². The van der Waals surface area contributed by atoms with E-state index in [0.29, 0.717) is 13.1 Å². The van der Waals surface area contributed by atoms with Crippen LogP contribution in [0.15, 0.2) is 47.5 Å². The maximum absolute atomic E-state index is 5.29. The molecule has 0 aliphatic carbocycles. The fourth-order valence-electron chi connectivity index (χ4n) is 2.43. The number of nitrogens with one attached hydrogen (secondary N) is 2. The van der Waals surface area contributed by atoms with Crippen molar-refractivity contribution in [3.8, 4) is 11.5 Å². The Labute approximate surface area is 143 Å². The Morgan fingerprint density at radius 3 is 2.25 bits per heavy atom. The second kappa shape index (κ2) is 8.82. The minimum Gasteiger partial charge on any atom is -0.497 e. The molecule has 0 saturated heterocycles. The summed E-state index contributed by atoms with van der Waals surface area (Å²) in [4.78, 5) is 4.26. The Morgan fingerprint density at radius 2 is 1.67 bits per heavy atom. The van der Waals surface area contributed by atoms with Gasteiger partial charge in [-0.25, -0.2) is 0 Å². The summed E-state index contributed by atoms with van der Waals surface area (Å²) < 4.78 is 10.5. The molecule has 0 atom stereocenters. The van der Waals surface area contributed by atoms with Crippen LogP contribution in [0.5, 0.6) is 11.5 Å². The molecule has 128 valence electrons. The lowest BCUT2D eigenvalue weighted by molar-refractivity contribution is 0.411. The van der Waals surface area contributed by atoms with Crippen LogP contribution >= 0.6 is 0 Å². The van der Waals surface area contributed by atoms with Gasteiger partial charge in [0, 0.05) is 20.1 Å². The van der Waals surface area contributed by atoms with Gasteiger partial charge in [0.15, 0.2) is 5.96 Å². The normalized spacial score (nSPS) is 11.1. The Balaban J connectivity index is 1.89. The van der Waals surface area contributed by atoms with Crippen LogP contribution < -0.4 is 20.1 Å². The standard InChI is InChI=1S/C19H25N3O2/c1-14-10-16(8-9-18(14)24-4)13-22-19(20-2)21-12-15-6-5-7-17(11-15)23-3/h5-11H,12-13H2,1-4H3,(H2,20,21,22). The first kappa shape index (κ1) is 17.7. The topological polar surface area (TPSA) is 54.9 Å². The summed E-state index contributed by atoms with van der Waals surface area (Å²) in [5.74, 6) is 2.51. The van der Waals surface area contributed by atoms with Crippen molar-refractivity contribution in [1.29, 1.82) is 0 Å². The van der Waals surface area contributed by atoms with Gasteiger partial charge in [0.1, 0.15) is 11.5 Å². The van der Waals surface area contributed by atoms with Crippen LogP contribution in [0.3, 0.4) is 0 Å². The van der Waals surface area contributed by atoms with Gasteiger partial charge in [-0.1, -0.05) is 24.3 Å². The zero-order chi connectivity index (χ0) is 17.4. The predicted molar refractivity (Wildman–Crippen MR) is 97.8 cm³/mol. The van der Waals surface area contributed by atoms with Crippen LogP contribution in [0.2, 0.25) is 0 Å². The highest BCUT2D eigenvalue weighted by molar-refractivity contribution is 5.79. The van der Waals surface area contributed by atoms with Gasteiger partial charge < -0.3 is 20.1 Å². The Hall–Kier alpha value is -2.69. The Bertz CT molecular complexity index is 699. The van der Waals surface area contributed by atoms with Crippen molar-refractivity contribution in [2.45, 2.75) is 20.0 Å². The second-order valence-corrected chi connectivity index (χ2v) is 5.43. The number of hydrogen-bond acceptors (Lipinski definition) is 3. The number of rotatable bonds is 6. The quantitative estimate of drug-likeness (QED) is 0.633. The van der Waals surface area contributed by atoms with Crippen molar-refractivity contribution in [2.24, 2.45) is 4.99 Å². The number of nitrogens with zero attached hydrogens (tertiary/aromatic N) is 1. The third kappa shape index (κ3) is 4.91. The summed E-state index contributed by atoms with van der Waals surface area (Å²) in [5.41, 5.74) is 3.44. The molecule has 0 spiro atoms. The monoisotopic (exact) mass is 327 g/mol. The van der Waals surface area contributed by atoms with E-state index in [4.69, 9.17) is 9.47 Å². The van der Waals surface area contributed by atoms with Crippen LogP contribution in [0.1, 0.15) is 16.7 Å². The molecule has 5 nitrogen and oxygen atoms in total. The molecule has 0 heterocycles. The van der Waals surface area contributed by atoms with E-state index in [-0.39, 0.29) is 0 Å². The predicted octanol–water partition coefficient (Wildman–Crippen LogP) is 2.88. The Kier molecular flexibility index (Phi) is 6.49.